The minimum atomic E-state index is -4.40. The first-order valence-electron chi connectivity index (χ1n) is 6.21. The summed E-state index contributed by atoms with van der Waals surface area (Å²) in [4.78, 5) is 11.7. The van der Waals surface area contributed by atoms with Crippen molar-refractivity contribution in [3.63, 3.8) is 0 Å². The SMILES string of the molecule is O=C(COc1ccccc1Br)Nc1ccc(C(F)(F)F)cc1. The maximum Gasteiger partial charge on any atom is 0.416 e. The van der Waals surface area contributed by atoms with Crippen LogP contribution in [0.25, 0.3) is 0 Å². The zero-order valence-electron chi connectivity index (χ0n) is 11.2. The van der Waals surface area contributed by atoms with E-state index in [1.807, 2.05) is 0 Å². The van der Waals surface area contributed by atoms with Gasteiger partial charge in [0.15, 0.2) is 6.61 Å². The first kappa shape index (κ1) is 16.4. The molecular formula is C15H11BrF3NO2. The van der Waals surface area contributed by atoms with E-state index >= 15 is 0 Å². The van der Waals surface area contributed by atoms with Crippen LogP contribution in [-0.4, -0.2) is 12.5 Å². The van der Waals surface area contributed by atoms with E-state index in [0.29, 0.717) is 10.2 Å². The van der Waals surface area contributed by atoms with Crippen molar-refractivity contribution in [2.24, 2.45) is 0 Å². The predicted octanol–water partition coefficient (Wildman–Crippen LogP) is 4.49. The zero-order valence-corrected chi connectivity index (χ0v) is 12.7. The van der Waals surface area contributed by atoms with Crippen molar-refractivity contribution in [3.05, 3.63) is 58.6 Å². The summed E-state index contributed by atoms with van der Waals surface area (Å²) in [5.74, 6) is 0.0422. The fourth-order valence-electron chi connectivity index (χ4n) is 1.64. The fraction of sp³-hybridized carbons (Fsp3) is 0.133. The summed E-state index contributed by atoms with van der Waals surface area (Å²) in [5, 5.41) is 2.46. The number of nitrogens with one attached hydrogen (secondary N) is 1. The molecule has 2 rings (SSSR count). The molecule has 0 radical (unpaired) electrons. The van der Waals surface area contributed by atoms with Crippen LogP contribution in [0.5, 0.6) is 5.75 Å². The van der Waals surface area contributed by atoms with Gasteiger partial charge >= 0.3 is 6.18 Å². The van der Waals surface area contributed by atoms with E-state index in [4.69, 9.17) is 4.74 Å². The topological polar surface area (TPSA) is 38.3 Å². The number of hydrogen-bond donors (Lipinski definition) is 1. The summed E-state index contributed by atoms with van der Waals surface area (Å²) in [6.45, 7) is -0.246. The predicted molar refractivity (Wildman–Crippen MR) is 79.7 cm³/mol. The molecule has 0 saturated heterocycles. The van der Waals surface area contributed by atoms with Gasteiger partial charge in [0.05, 0.1) is 10.0 Å². The Bertz CT molecular complexity index is 657. The molecule has 1 amide bonds. The third-order valence-corrected chi connectivity index (χ3v) is 3.35. The first-order valence-corrected chi connectivity index (χ1v) is 7.00. The van der Waals surface area contributed by atoms with Crippen LogP contribution in [0.15, 0.2) is 53.0 Å². The molecule has 116 valence electrons. The van der Waals surface area contributed by atoms with Gasteiger partial charge in [-0.15, -0.1) is 0 Å². The van der Waals surface area contributed by atoms with Crippen LogP contribution < -0.4 is 10.1 Å². The highest BCUT2D eigenvalue weighted by Gasteiger charge is 2.29. The third kappa shape index (κ3) is 4.49. The van der Waals surface area contributed by atoms with Crippen molar-refractivity contribution in [1.29, 1.82) is 0 Å². The lowest BCUT2D eigenvalue weighted by Crippen LogP contribution is -2.20. The Morgan fingerprint density at radius 1 is 1.09 bits per heavy atom. The van der Waals surface area contributed by atoms with Gasteiger partial charge in [0.2, 0.25) is 0 Å². The Hall–Kier alpha value is -2.02. The number of rotatable bonds is 4. The number of carbonyl (C=O) groups is 1. The molecule has 0 fully saturated rings. The number of hydrogen-bond acceptors (Lipinski definition) is 2. The minimum absolute atomic E-state index is 0.246. The van der Waals surface area contributed by atoms with E-state index in [2.05, 4.69) is 21.2 Å². The number of anilines is 1. The van der Waals surface area contributed by atoms with Crippen LogP contribution in [0.2, 0.25) is 0 Å². The van der Waals surface area contributed by atoms with Gasteiger partial charge in [0.25, 0.3) is 5.91 Å². The van der Waals surface area contributed by atoms with E-state index < -0.39 is 17.6 Å². The lowest BCUT2D eigenvalue weighted by Gasteiger charge is -2.10. The maximum absolute atomic E-state index is 12.4. The monoisotopic (exact) mass is 373 g/mol. The van der Waals surface area contributed by atoms with Gasteiger partial charge in [-0.05, 0) is 52.3 Å². The molecule has 0 aliphatic rings. The van der Waals surface area contributed by atoms with E-state index in [0.717, 1.165) is 12.1 Å². The first-order chi connectivity index (χ1) is 10.4. The number of carbonyl (C=O) groups excluding carboxylic acids is 1. The number of alkyl halides is 3. The summed E-state index contributed by atoms with van der Waals surface area (Å²) in [5.41, 5.74) is -0.497. The Labute approximate surface area is 133 Å². The summed E-state index contributed by atoms with van der Waals surface area (Å²) in [6, 6.07) is 11.2. The van der Waals surface area contributed by atoms with Gasteiger partial charge in [-0.25, -0.2) is 0 Å². The fourth-order valence-corrected chi connectivity index (χ4v) is 2.04. The molecule has 0 spiro atoms. The Kier molecular flexibility index (Phi) is 5.07. The number of amides is 1. The van der Waals surface area contributed by atoms with Crippen LogP contribution in [0.3, 0.4) is 0 Å². The highest BCUT2D eigenvalue weighted by molar-refractivity contribution is 9.10. The molecule has 22 heavy (non-hydrogen) atoms. The smallest absolute Gasteiger partial charge is 0.416 e. The summed E-state index contributed by atoms with van der Waals surface area (Å²) >= 11 is 3.28. The van der Waals surface area contributed by atoms with Crippen LogP contribution >= 0.6 is 15.9 Å². The van der Waals surface area contributed by atoms with Crippen LogP contribution in [0.4, 0.5) is 18.9 Å². The molecule has 0 bridgehead atoms. The lowest BCUT2D eigenvalue weighted by molar-refractivity contribution is -0.137. The molecule has 0 atom stereocenters. The third-order valence-electron chi connectivity index (χ3n) is 2.69. The van der Waals surface area contributed by atoms with Gasteiger partial charge in [-0.1, -0.05) is 12.1 Å². The number of benzene rings is 2. The lowest BCUT2D eigenvalue weighted by atomic mass is 10.2. The Balaban J connectivity index is 1.91. The quantitative estimate of drug-likeness (QED) is 0.857. The molecule has 7 heteroatoms. The highest BCUT2D eigenvalue weighted by Crippen LogP contribution is 2.29. The number of halogens is 4. The average Bonchev–Trinajstić information content (AvgIpc) is 2.46. The van der Waals surface area contributed by atoms with E-state index in [9.17, 15) is 18.0 Å². The van der Waals surface area contributed by atoms with Crippen LogP contribution in [-0.2, 0) is 11.0 Å². The summed E-state index contributed by atoms with van der Waals surface area (Å²) in [7, 11) is 0. The molecule has 2 aromatic rings. The van der Waals surface area contributed by atoms with Crippen molar-refractivity contribution in [3.8, 4) is 5.75 Å². The standard InChI is InChI=1S/C15H11BrF3NO2/c16-12-3-1-2-4-13(12)22-9-14(21)20-11-7-5-10(6-8-11)15(17,18)19/h1-8H,9H2,(H,20,21). The molecule has 0 aliphatic heterocycles. The van der Waals surface area contributed by atoms with Crippen LogP contribution in [0, 0.1) is 0 Å². The second-order valence-electron chi connectivity index (χ2n) is 4.34. The molecule has 1 N–H and O–H groups in total. The van der Waals surface area contributed by atoms with Gasteiger partial charge in [0.1, 0.15) is 5.75 Å². The molecule has 0 saturated carbocycles. The van der Waals surface area contributed by atoms with Crippen LogP contribution in [0.1, 0.15) is 5.56 Å². The van der Waals surface area contributed by atoms with E-state index in [-0.39, 0.29) is 12.3 Å². The number of ether oxygens (including phenoxy) is 1. The van der Waals surface area contributed by atoms with Crippen molar-refractivity contribution in [1.82, 2.24) is 0 Å². The van der Waals surface area contributed by atoms with Crippen molar-refractivity contribution >= 4 is 27.5 Å². The summed E-state index contributed by atoms with van der Waals surface area (Å²) < 4.78 is 43.3. The minimum Gasteiger partial charge on any atom is -0.483 e. The highest BCUT2D eigenvalue weighted by atomic mass is 79.9. The molecule has 0 aliphatic carbocycles. The van der Waals surface area contributed by atoms with Gasteiger partial charge in [-0.3, -0.25) is 4.79 Å². The molecule has 3 nitrogen and oxygen atoms in total. The average molecular weight is 374 g/mol. The zero-order chi connectivity index (χ0) is 16.2. The number of para-hydroxylation sites is 1. The second-order valence-corrected chi connectivity index (χ2v) is 5.20. The largest absolute Gasteiger partial charge is 0.483 e. The van der Waals surface area contributed by atoms with E-state index in [1.54, 1.807) is 24.3 Å². The van der Waals surface area contributed by atoms with Gasteiger partial charge < -0.3 is 10.1 Å². The van der Waals surface area contributed by atoms with Gasteiger partial charge in [-0.2, -0.15) is 13.2 Å². The molecular weight excluding hydrogens is 363 g/mol. The normalized spacial score (nSPS) is 11.1. The molecule has 0 aromatic heterocycles. The molecule has 2 aromatic carbocycles. The Morgan fingerprint density at radius 3 is 2.32 bits per heavy atom. The van der Waals surface area contributed by atoms with Crippen molar-refractivity contribution < 1.29 is 22.7 Å². The molecule has 0 unspecified atom stereocenters. The van der Waals surface area contributed by atoms with Gasteiger partial charge in [0, 0.05) is 5.69 Å². The second kappa shape index (κ2) is 6.83. The summed E-state index contributed by atoms with van der Waals surface area (Å²) in [6.07, 6.45) is -4.40. The molecule has 0 heterocycles. The van der Waals surface area contributed by atoms with Crippen molar-refractivity contribution in [2.75, 3.05) is 11.9 Å². The van der Waals surface area contributed by atoms with Crippen molar-refractivity contribution in [2.45, 2.75) is 6.18 Å². The van der Waals surface area contributed by atoms with E-state index in [1.165, 1.54) is 12.1 Å². The Morgan fingerprint density at radius 2 is 1.73 bits per heavy atom. The maximum atomic E-state index is 12.4.